The van der Waals surface area contributed by atoms with Crippen molar-refractivity contribution >= 4 is 5.78 Å². The van der Waals surface area contributed by atoms with E-state index in [-0.39, 0.29) is 0 Å². The minimum Gasteiger partial charge on any atom is -0.317 e. The van der Waals surface area contributed by atoms with Crippen molar-refractivity contribution in [3.63, 3.8) is 0 Å². The van der Waals surface area contributed by atoms with Gasteiger partial charge in [-0.1, -0.05) is 30.7 Å². The number of carbonyl (C=O) groups is 1. The van der Waals surface area contributed by atoms with Crippen molar-refractivity contribution < 1.29 is 4.79 Å². The molecule has 2 nitrogen and oxygen atoms in total. The number of benzene rings is 1. The van der Waals surface area contributed by atoms with Gasteiger partial charge in [0.05, 0.1) is 0 Å². The van der Waals surface area contributed by atoms with E-state index in [4.69, 9.17) is 0 Å². The molecule has 1 aromatic carbocycles. The molecule has 0 heterocycles. The molecule has 0 aliphatic carbocycles. The first-order valence-electron chi connectivity index (χ1n) is 5.92. The van der Waals surface area contributed by atoms with Crippen molar-refractivity contribution in [3.8, 4) is 0 Å². The lowest BCUT2D eigenvalue weighted by atomic mass is 10.00. The average Bonchev–Trinajstić information content (AvgIpc) is 2.24. The van der Waals surface area contributed by atoms with Gasteiger partial charge in [0.1, 0.15) is 5.78 Å². The topological polar surface area (TPSA) is 29.1 Å². The maximum absolute atomic E-state index is 11.7. The minimum atomic E-state index is 0.314. The molecule has 1 N–H and O–H groups in total. The van der Waals surface area contributed by atoms with Crippen LogP contribution < -0.4 is 5.32 Å². The Kier molecular flexibility index (Phi) is 5.20. The molecule has 88 valence electrons. The van der Waals surface area contributed by atoms with E-state index in [2.05, 4.69) is 44.3 Å². The van der Waals surface area contributed by atoms with Gasteiger partial charge in [-0.05, 0) is 31.5 Å². The second-order valence-corrected chi connectivity index (χ2v) is 4.25. The van der Waals surface area contributed by atoms with Gasteiger partial charge in [-0.2, -0.15) is 0 Å². The third-order valence-corrected chi connectivity index (χ3v) is 2.72. The van der Waals surface area contributed by atoms with E-state index in [9.17, 15) is 4.79 Å². The molecule has 0 aromatic heterocycles. The molecule has 0 radical (unpaired) electrons. The second kappa shape index (κ2) is 6.44. The van der Waals surface area contributed by atoms with Crippen molar-refractivity contribution in [3.05, 3.63) is 34.9 Å². The summed E-state index contributed by atoms with van der Waals surface area (Å²) in [6.07, 6.45) is 1.19. The van der Waals surface area contributed by atoms with Gasteiger partial charge < -0.3 is 5.32 Å². The molecule has 0 spiro atoms. The standard InChI is InChI=1S/C14H21NO/c1-4-15-8-7-14(16)10-13-9-11(2)5-6-12(13)3/h5-6,9,15H,4,7-8,10H2,1-3H3. The van der Waals surface area contributed by atoms with Crippen LogP contribution in [0.4, 0.5) is 0 Å². The van der Waals surface area contributed by atoms with Gasteiger partial charge in [-0.25, -0.2) is 0 Å². The Labute approximate surface area is 98.1 Å². The highest BCUT2D eigenvalue weighted by Crippen LogP contribution is 2.12. The summed E-state index contributed by atoms with van der Waals surface area (Å²) in [6.45, 7) is 7.89. The molecule has 0 aliphatic rings. The first-order chi connectivity index (χ1) is 7.63. The fourth-order valence-corrected chi connectivity index (χ4v) is 1.70. The van der Waals surface area contributed by atoms with Gasteiger partial charge in [0.15, 0.2) is 0 Å². The lowest BCUT2D eigenvalue weighted by Crippen LogP contribution is -2.18. The van der Waals surface area contributed by atoms with Crippen LogP contribution >= 0.6 is 0 Å². The fourth-order valence-electron chi connectivity index (χ4n) is 1.70. The Bertz CT molecular complexity index is 358. The van der Waals surface area contributed by atoms with Gasteiger partial charge >= 0.3 is 0 Å². The summed E-state index contributed by atoms with van der Waals surface area (Å²) in [7, 11) is 0. The summed E-state index contributed by atoms with van der Waals surface area (Å²) in [5, 5.41) is 3.17. The average molecular weight is 219 g/mol. The van der Waals surface area contributed by atoms with E-state index in [0.717, 1.165) is 13.1 Å². The first-order valence-corrected chi connectivity index (χ1v) is 5.92. The van der Waals surface area contributed by atoms with Crippen molar-refractivity contribution in [1.29, 1.82) is 0 Å². The zero-order valence-corrected chi connectivity index (χ0v) is 10.5. The molecule has 0 saturated heterocycles. The molecular formula is C14H21NO. The molecule has 0 atom stereocenters. The van der Waals surface area contributed by atoms with Crippen molar-refractivity contribution in [2.75, 3.05) is 13.1 Å². The zero-order chi connectivity index (χ0) is 12.0. The second-order valence-electron chi connectivity index (χ2n) is 4.25. The summed E-state index contributed by atoms with van der Waals surface area (Å²) in [4.78, 5) is 11.7. The fraction of sp³-hybridized carbons (Fsp3) is 0.500. The van der Waals surface area contributed by atoms with Crippen LogP contribution in [0, 0.1) is 13.8 Å². The van der Waals surface area contributed by atoms with Crippen LogP contribution in [0.1, 0.15) is 30.0 Å². The molecule has 0 fully saturated rings. The van der Waals surface area contributed by atoms with Crippen LogP contribution in [0.3, 0.4) is 0 Å². The number of rotatable bonds is 6. The maximum Gasteiger partial charge on any atom is 0.138 e. The molecule has 0 amide bonds. The highest BCUT2D eigenvalue weighted by molar-refractivity contribution is 5.81. The third-order valence-electron chi connectivity index (χ3n) is 2.72. The van der Waals surface area contributed by atoms with Crippen LogP contribution in [0.5, 0.6) is 0 Å². The largest absolute Gasteiger partial charge is 0.317 e. The number of hydrogen-bond donors (Lipinski definition) is 1. The Hall–Kier alpha value is -1.15. The Balaban J connectivity index is 2.52. The Morgan fingerprint density at radius 1 is 1.31 bits per heavy atom. The Morgan fingerprint density at radius 2 is 2.06 bits per heavy atom. The molecule has 16 heavy (non-hydrogen) atoms. The molecule has 0 saturated carbocycles. The van der Waals surface area contributed by atoms with Crippen LogP contribution in [-0.2, 0) is 11.2 Å². The summed E-state index contributed by atoms with van der Waals surface area (Å²) >= 11 is 0. The van der Waals surface area contributed by atoms with E-state index in [1.54, 1.807) is 0 Å². The van der Waals surface area contributed by atoms with E-state index < -0.39 is 0 Å². The highest BCUT2D eigenvalue weighted by atomic mass is 16.1. The van der Waals surface area contributed by atoms with Gasteiger partial charge in [0, 0.05) is 19.4 Å². The first kappa shape index (κ1) is 12.9. The summed E-state index contributed by atoms with van der Waals surface area (Å²) in [5.74, 6) is 0.314. The SMILES string of the molecule is CCNCCC(=O)Cc1cc(C)ccc1C. The molecule has 1 aromatic rings. The molecule has 0 aliphatic heterocycles. The van der Waals surface area contributed by atoms with Gasteiger partial charge in [-0.3, -0.25) is 4.79 Å². The maximum atomic E-state index is 11.7. The summed E-state index contributed by atoms with van der Waals surface area (Å²) < 4.78 is 0. The monoisotopic (exact) mass is 219 g/mol. The van der Waals surface area contributed by atoms with E-state index in [1.165, 1.54) is 16.7 Å². The van der Waals surface area contributed by atoms with Crippen molar-refractivity contribution in [1.82, 2.24) is 5.32 Å². The van der Waals surface area contributed by atoms with Crippen molar-refractivity contribution in [2.24, 2.45) is 0 Å². The lowest BCUT2D eigenvalue weighted by molar-refractivity contribution is -0.118. The van der Waals surface area contributed by atoms with Gasteiger partial charge in [0.2, 0.25) is 0 Å². The van der Waals surface area contributed by atoms with Gasteiger partial charge in [0.25, 0.3) is 0 Å². The molecule has 2 heteroatoms. The van der Waals surface area contributed by atoms with E-state index >= 15 is 0 Å². The third kappa shape index (κ3) is 4.15. The molecule has 1 rings (SSSR count). The number of ketones is 1. The smallest absolute Gasteiger partial charge is 0.138 e. The number of aryl methyl sites for hydroxylation is 2. The molecular weight excluding hydrogens is 198 g/mol. The van der Waals surface area contributed by atoms with Crippen LogP contribution in [0.2, 0.25) is 0 Å². The normalized spacial score (nSPS) is 10.4. The van der Waals surface area contributed by atoms with Gasteiger partial charge in [-0.15, -0.1) is 0 Å². The number of Topliss-reactive ketones (excluding diaryl/α,β-unsaturated/α-hetero) is 1. The Morgan fingerprint density at radius 3 is 2.75 bits per heavy atom. The van der Waals surface area contributed by atoms with Crippen molar-refractivity contribution in [2.45, 2.75) is 33.6 Å². The van der Waals surface area contributed by atoms with Crippen LogP contribution in [-0.4, -0.2) is 18.9 Å². The van der Waals surface area contributed by atoms with E-state index in [0.29, 0.717) is 18.6 Å². The number of nitrogens with one attached hydrogen (secondary N) is 1. The summed E-state index contributed by atoms with van der Waals surface area (Å²) in [5.41, 5.74) is 3.60. The van der Waals surface area contributed by atoms with E-state index in [1.807, 2.05) is 0 Å². The predicted molar refractivity (Wildman–Crippen MR) is 67.8 cm³/mol. The number of carbonyl (C=O) groups excluding carboxylic acids is 1. The predicted octanol–water partition coefficient (Wildman–Crippen LogP) is 2.41. The number of hydrogen-bond acceptors (Lipinski definition) is 2. The zero-order valence-electron chi connectivity index (χ0n) is 10.5. The molecule has 0 bridgehead atoms. The highest BCUT2D eigenvalue weighted by Gasteiger charge is 2.05. The minimum absolute atomic E-state index is 0.314. The lowest BCUT2D eigenvalue weighted by Gasteiger charge is -2.06. The van der Waals surface area contributed by atoms with Crippen LogP contribution in [0.25, 0.3) is 0 Å². The molecule has 0 unspecified atom stereocenters. The quantitative estimate of drug-likeness (QED) is 0.744. The van der Waals surface area contributed by atoms with Crippen LogP contribution in [0.15, 0.2) is 18.2 Å². The summed E-state index contributed by atoms with van der Waals surface area (Å²) in [6, 6.07) is 6.28.